The van der Waals surface area contributed by atoms with Gasteiger partial charge in [-0.2, -0.15) is 5.10 Å². The van der Waals surface area contributed by atoms with E-state index in [2.05, 4.69) is 5.10 Å². The van der Waals surface area contributed by atoms with Gasteiger partial charge in [-0.05, 0) is 31.0 Å². The number of benzene rings is 1. The number of rotatable bonds is 2. The quantitative estimate of drug-likeness (QED) is 0.850. The fourth-order valence-electron chi connectivity index (χ4n) is 3.12. The van der Waals surface area contributed by atoms with Crippen molar-refractivity contribution in [2.75, 3.05) is 6.54 Å². The number of carbonyl (C=O) groups excluding carboxylic acids is 1. The fraction of sp³-hybridized carbons (Fsp3) is 0.412. The molecular weight excluding hydrogens is 300 g/mol. The number of aryl methyl sites for hydroxylation is 1. The molecule has 6 heteroatoms. The molecule has 0 N–H and O–H groups in total. The van der Waals surface area contributed by atoms with Crippen LogP contribution in [0.1, 0.15) is 47.8 Å². The molecule has 1 aromatic carbocycles. The molecule has 2 heterocycles. The van der Waals surface area contributed by atoms with Crippen molar-refractivity contribution in [3.8, 4) is 0 Å². The summed E-state index contributed by atoms with van der Waals surface area (Å²) in [5, 5.41) is 4.38. The van der Waals surface area contributed by atoms with E-state index in [9.17, 15) is 13.6 Å². The molecule has 1 aliphatic heterocycles. The summed E-state index contributed by atoms with van der Waals surface area (Å²) in [6, 6.07) is 5.10. The molecule has 0 unspecified atom stereocenters. The fourth-order valence-corrected chi connectivity index (χ4v) is 3.12. The van der Waals surface area contributed by atoms with Crippen molar-refractivity contribution >= 4 is 5.91 Å². The van der Waals surface area contributed by atoms with Crippen LogP contribution in [0.15, 0.2) is 30.5 Å². The summed E-state index contributed by atoms with van der Waals surface area (Å²) < 4.78 is 29.6. The van der Waals surface area contributed by atoms with Crippen LogP contribution in [0.2, 0.25) is 0 Å². The highest BCUT2D eigenvalue weighted by Gasteiger charge is 2.31. The molecule has 23 heavy (non-hydrogen) atoms. The van der Waals surface area contributed by atoms with Crippen LogP contribution in [0.5, 0.6) is 0 Å². The molecule has 1 aromatic heterocycles. The van der Waals surface area contributed by atoms with Crippen LogP contribution >= 0.6 is 0 Å². The number of carbonyl (C=O) groups is 1. The van der Waals surface area contributed by atoms with Gasteiger partial charge in [-0.3, -0.25) is 9.48 Å². The Balaban J connectivity index is 1.98. The molecular formula is C17H19F2N3O. The summed E-state index contributed by atoms with van der Waals surface area (Å²) >= 11 is 0. The number of hydrogen-bond acceptors (Lipinski definition) is 2. The van der Waals surface area contributed by atoms with Crippen LogP contribution in [-0.2, 0) is 7.05 Å². The van der Waals surface area contributed by atoms with Crippen molar-refractivity contribution in [3.63, 3.8) is 0 Å². The molecule has 0 aliphatic carbocycles. The van der Waals surface area contributed by atoms with E-state index >= 15 is 0 Å². The van der Waals surface area contributed by atoms with Crippen molar-refractivity contribution in [2.24, 2.45) is 7.05 Å². The summed E-state index contributed by atoms with van der Waals surface area (Å²) in [5.74, 6) is -2.24. The second-order valence-corrected chi connectivity index (χ2v) is 5.87. The van der Waals surface area contributed by atoms with Crippen LogP contribution < -0.4 is 0 Å². The van der Waals surface area contributed by atoms with Crippen molar-refractivity contribution in [1.82, 2.24) is 14.7 Å². The van der Waals surface area contributed by atoms with Gasteiger partial charge >= 0.3 is 0 Å². The first-order valence-electron chi connectivity index (χ1n) is 7.82. The lowest BCUT2D eigenvalue weighted by Crippen LogP contribution is -2.36. The highest BCUT2D eigenvalue weighted by atomic mass is 19.1. The Bertz CT molecular complexity index is 693. The molecule has 3 rings (SSSR count). The minimum absolute atomic E-state index is 0.245. The summed E-state index contributed by atoms with van der Waals surface area (Å²) in [4.78, 5) is 14.4. The zero-order chi connectivity index (χ0) is 16.4. The van der Waals surface area contributed by atoms with Crippen LogP contribution in [0.3, 0.4) is 0 Å². The van der Waals surface area contributed by atoms with E-state index in [0.29, 0.717) is 6.54 Å². The number of aromatic nitrogens is 2. The van der Waals surface area contributed by atoms with Gasteiger partial charge in [0.05, 0.1) is 11.7 Å². The average molecular weight is 319 g/mol. The Morgan fingerprint density at radius 3 is 2.57 bits per heavy atom. The first kappa shape index (κ1) is 15.6. The SMILES string of the molecule is Cn1ccc([C@H]2CCCCCN2C(=O)c2c(F)cccc2F)n1. The molecule has 4 nitrogen and oxygen atoms in total. The predicted octanol–water partition coefficient (Wildman–Crippen LogP) is 3.46. The number of likely N-dealkylation sites (tertiary alicyclic amines) is 1. The Kier molecular flexibility index (Phi) is 4.41. The number of hydrogen-bond donors (Lipinski definition) is 0. The average Bonchev–Trinajstić information content (AvgIpc) is 2.80. The van der Waals surface area contributed by atoms with Crippen molar-refractivity contribution in [2.45, 2.75) is 31.7 Å². The van der Waals surface area contributed by atoms with Crippen LogP contribution in [-0.4, -0.2) is 27.1 Å². The molecule has 122 valence electrons. The third-order valence-electron chi connectivity index (χ3n) is 4.27. The molecule has 1 aliphatic rings. The first-order chi connectivity index (χ1) is 11.1. The monoisotopic (exact) mass is 319 g/mol. The van der Waals surface area contributed by atoms with Gasteiger partial charge in [0.15, 0.2) is 0 Å². The van der Waals surface area contributed by atoms with Gasteiger partial charge in [0.1, 0.15) is 17.2 Å². The second-order valence-electron chi connectivity index (χ2n) is 5.87. The van der Waals surface area contributed by atoms with Gasteiger partial charge in [0.2, 0.25) is 0 Å². The predicted molar refractivity (Wildman–Crippen MR) is 81.8 cm³/mol. The van der Waals surface area contributed by atoms with E-state index in [-0.39, 0.29) is 6.04 Å². The van der Waals surface area contributed by atoms with Gasteiger partial charge in [-0.25, -0.2) is 8.78 Å². The van der Waals surface area contributed by atoms with Gasteiger partial charge in [-0.15, -0.1) is 0 Å². The Morgan fingerprint density at radius 2 is 1.91 bits per heavy atom. The maximum absolute atomic E-state index is 14.0. The number of halogens is 2. The standard InChI is InChI=1S/C17H19F2N3O/c1-21-11-9-14(20-21)15-8-3-2-4-10-22(15)17(23)16-12(18)6-5-7-13(16)19/h5-7,9,11,15H,2-4,8,10H2,1H3/t15-/m1/s1. The Morgan fingerprint density at radius 1 is 1.17 bits per heavy atom. The van der Waals surface area contributed by atoms with Crippen molar-refractivity contribution < 1.29 is 13.6 Å². The minimum atomic E-state index is -0.820. The molecule has 1 saturated heterocycles. The normalized spacial score (nSPS) is 18.7. The van der Waals surface area contributed by atoms with E-state index in [1.54, 1.807) is 9.58 Å². The van der Waals surface area contributed by atoms with E-state index in [0.717, 1.165) is 43.5 Å². The largest absolute Gasteiger partial charge is 0.330 e. The minimum Gasteiger partial charge on any atom is -0.330 e. The van der Waals surface area contributed by atoms with Crippen molar-refractivity contribution in [1.29, 1.82) is 0 Å². The molecule has 0 radical (unpaired) electrons. The summed E-state index contributed by atoms with van der Waals surface area (Å²) in [5.41, 5.74) is 0.287. The third-order valence-corrected chi connectivity index (χ3v) is 4.27. The molecule has 0 saturated carbocycles. The Hall–Kier alpha value is -2.24. The van der Waals surface area contributed by atoms with Gasteiger partial charge in [0, 0.05) is 19.8 Å². The maximum atomic E-state index is 14.0. The molecule has 2 aromatic rings. The molecule has 1 amide bonds. The molecule has 1 atom stereocenters. The molecule has 1 fully saturated rings. The van der Waals surface area contributed by atoms with Gasteiger partial charge in [0.25, 0.3) is 5.91 Å². The lowest BCUT2D eigenvalue weighted by atomic mass is 10.1. The lowest BCUT2D eigenvalue weighted by molar-refractivity contribution is 0.0666. The smallest absolute Gasteiger partial charge is 0.260 e. The summed E-state index contributed by atoms with van der Waals surface area (Å²) in [6.07, 6.45) is 5.34. The third kappa shape index (κ3) is 3.11. The molecule has 0 bridgehead atoms. The zero-order valence-electron chi connectivity index (χ0n) is 13.0. The topological polar surface area (TPSA) is 38.1 Å². The van der Waals surface area contributed by atoms with Crippen LogP contribution in [0, 0.1) is 11.6 Å². The maximum Gasteiger partial charge on any atom is 0.260 e. The molecule has 0 spiro atoms. The van der Waals surface area contributed by atoms with Gasteiger partial charge in [-0.1, -0.05) is 18.9 Å². The zero-order valence-corrected chi connectivity index (χ0v) is 13.0. The Labute approximate surface area is 133 Å². The number of amides is 1. The highest BCUT2D eigenvalue weighted by Crippen LogP contribution is 2.31. The summed E-state index contributed by atoms with van der Waals surface area (Å²) in [6.45, 7) is 0.480. The van der Waals surface area contributed by atoms with Crippen molar-refractivity contribution in [3.05, 3.63) is 53.4 Å². The first-order valence-corrected chi connectivity index (χ1v) is 7.82. The van der Waals surface area contributed by atoms with Crippen LogP contribution in [0.25, 0.3) is 0 Å². The van der Waals surface area contributed by atoms with Gasteiger partial charge < -0.3 is 4.90 Å². The van der Waals surface area contributed by atoms with E-state index in [1.165, 1.54) is 6.07 Å². The second kappa shape index (κ2) is 6.48. The highest BCUT2D eigenvalue weighted by molar-refractivity contribution is 5.95. The van der Waals surface area contributed by atoms with E-state index in [4.69, 9.17) is 0 Å². The van der Waals surface area contributed by atoms with Crippen LogP contribution in [0.4, 0.5) is 8.78 Å². The lowest BCUT2D eigenvalue weighted by Gasteiger charge is -2.29. The summed E-state index contributed by atoms with van der Waals surface area (Å²) in [7, 11) is 1.81. The van der Waals surface area contributed by atoms with E-state index in [1.807, 2.05) is 19.3 Å². The van der Waals surface area contributed by atoms with E-state index < -0.39 is 23.1 Å². The number of nitrogens with zero attached hydrogens (tertiary/aromatic N) is 3.